The maximum atomic E-state index is 13.2. The molecule has 1 saturated heterocycles. The highest BCUT2D eigenvalue weighted by Crippen LogP contribution is 2.38. The third-order valence-corrected chi connectivity index (χ3v) is 3.61. The Bertz CT molecular complexity index is 433. The molecule has 0 aliphatic carbocycles. The summed E-state index contributed by atoms with van der Waals surface area (Å²) >= 11 is 5.89. The molecule has 0 amide bonds. The number of ether oxygens (including phenoxy) is 1. The van der Waals surface area contributed by atoms with Crippen molar-refractivity contribution in [3.63, 3.8) is 0 Å². The first-order valence-electron chi connectivity index (χ1n) is 5.48. The predicted molar refractivity (Wildman–Crippen MR) is 61.9 cm³/mol. The van der Waals surface area contributed by atoms with Crippen molar-refractivity contribution >= 4 is 11.6 Å². The van der Waals surface area contributed by atoms with Crippen LogP contribution in [-0.4, -0.2) is 12.2 Å². The highest BCUT2D eigenvalue weighted by atomic mass is 35.5. The Hall–Kier alpha value is -0.710. The molecule has 1 aliphatic rings. The van der Waals surface area contributed by atoms with Crippen LogP contribution in [-0.2, 0) is 4.74 Å². The van der Waals surface area contributed by atoms with Crippen molar-refractivity contribution in [1.82, 2.24) is 0 Å². The van der Waals surface area contributed by atoms with E-state index in [1.54, 1.807) is 0 Å². The minimum absolute atomic E-state index is 0.133. The second-order valence-corrected chi connectivity index (χ2v) is 4.94. The summed E-state index contributed by atoms with van der Waals surface area (Å²) in [6.45, 7) is 2.49. The molecule has 2 unspecified atom stereocenters. The third kappa shape index (κ3) is 2.30. The van der Waals surface area contributed by atoms with Crippen molar-refractivity contribution in [2.24, 2.45) is 5.73 Å². The van der Waals surface area contributed by atoms with Gasteiger partial charge in [-0.2, -0.15) is 0 Å². The van der Waals surface area contributed by atoms with Crippen molar-refractivity contribution < 1.29 is 13.5 Å². The molecule has 17 heavy (non-hydrogen) atoms. The van der Waals surface area contributed by atoms with Crippen molar-refractivity contribution in [3.8, 4) is 0 Å². The van der Waals surface area contributed by atoms with Gasteiger partial charge >= 0.3 is 0 Å². The molecule has 0 bridgehead atoms. The van der Waals surface area contributed by atoms with Crippen LogP contribution < -0.4 is 5.73 Å². The van der Waals surface area contributed by atoms with E-state index in [1.165, 1.54) is 0 Å². The summed E-state index contributed by atoms with van der Waals surface area (Å²) in [5.41, 5.74) is 5.88. The molecule has 1 heterocycles. The zero-order valence-electron chi connectivity index (χ0n) is 9.47. The van der Waals surface area contributed by atoms with Crippen LogP contribution in [0.4, 0.5) is 8.78 Å². The summed E-state index contributed by atoms with van der Waals surface area (Å²) in [5, 5.41) is 0.133. The first kappa shape index (κ1) is 12.7. The fourth-order valence-corrected chi connectivity index (χ4v) is 2.42. The molecule has 1 aromatic carbocycles. The van der Waals surface area contributed by atoms with Gasteiger partial charge < -0.3 is 10.5 Å². The van der Waals surface area contributed by atoms with Gasteiger partial charge in [0, 0.05) is 11.6 Å². The first-order chi connectivity index (χ1) is 7.94. The van der Waals surface area contributed by atoms with E-state index < -0.39 is 23.3 Å². The lowest BCUT2D eigenvalue weighted by molar-refractivity contribution is -0.00179. The molecule has 1 fully saturated rings. The molecule has 0 aromatic heterocycles. The molecular formula is C12H14ClF2NO. The third-order valence-electron chi connectivity index (χ3n) is 3.28. The number of benzene rings is 1. The average molecular weight is 262 g/mol. The van der Waals surface area contributed by atoms with E-state index >= 15 is 0 Å². The Labute approximate surface area is 104 Å². The molecule has 1 aromatic rings. The van der Waals surface area contributed by atoms with Gasteiger partial charge in [-0.25, -0.2) is 8.78 Å². The Morgan fingerprint density at radius 2 is 2.06 bits per heavy atom. The lowest BCUT2D eigenvalue weighted by Crippen LogP contribution is -2.37. The van der Waals surface area contributed by atoms with Crippen LogP contribution >= 0.6 is 11.6 Å². The minimum Gasteiger partial charge on any atom is -0.373 e. The smallest absolute Gasteiger partial charge is 0.160 e. The number of rotatable bonds is 2. The van der Waals surface area contributed by atoms with Crippen molar-refractivity contribution in [1.29, 1.82) is 0 Å². The van der Waals surface area contributed by atoms with Gasteiger partial charge in [-0.1, -0.05) is 11.6 Å². The Morgan fingerprint density at radius 3 is 2.65 bits per heavy atom. The van der Waals surface area contributed by atoms with Gasteiger partial charge in [0.2, 0.25) is 0 Å². The summed E-state index contributed by atoms with van der Waals surface area (Å²) in [6.07, 6.45) is 1.69. The molecule has 2 rings (SSSR count). The predicted octanol–water partition coefficient (Wildman–Crippen LogP) is 3.19. The van der Waals surface area contributed by atoms with E-state index in [9.17, 15) is 8.78 Å². The van der Waals surface area contributed by atoms with Gasteiger partial charge in [0.25, 0.3) is 0 Å². The lowest BCUT2D eigenvalue weighted by atomic mass is 9.88. The van der Waals surface area contributed by atoms with Gasteiger partial charge in [-0.15, -0.1) is 0 Å². The van der Waals surface area contributed by atoms with Crippen molar-refractivity contribution in [3.05, 3.63) is 34.4 Å². The largest absolute Gasteiger partial charge is 0.373 e. The molecule has 1 aliphatic heterocycles. The SMILES string of the molecule is CC1(C(N)c2cc(F)c(F)cc2Cl)CCCO1. The van der Waals surface area contributed by atoms with Gasteiger partial charge in [0.1, 0.15) is 0 Å². The zero-order valence-corrected chi connectivity index (χ0v) is 10.2. The summed E-state index contributed by atoms with van der Waals surface area (Å²) in [4.78, 5) is 0. The minimum atomic E-state index is -0.969. The van der Waals surface area contributed by atoms with Gasteiger partial charge in [0.05, 0.1) is 11.6 Å². The molecule has 2 nitrogen and oxygen atoms in total. The van der Waals surface area contributed by atoms with Crippen molar-refractivity contribution in [2.45, 2.75) is 31.4 Å². The zero-order chi connectivity index (χ0) is 12.6. The fraction of sp³-hybridized carbons (Fsp3) is 0.500. The second-order valence-electron chi connectivity index (χ2n) is 4.53. The maximum Gasteiger partial charge on any atom is 0.160 e. The topological polar surface area (TPSA) is 35.2 Å². The van der Waals surface area contributed by atoms with E-state index in [4.69, 9.17) is 22.1 Å². The summed E-state index contributed by atoms with van der Waals surface area (Å²) < 4.78 is 31.7. The monoisotopic (exact) mass is 261 g/mol. The Kier molecular flexibility index (Phi) is 3.39. The lowest BCUT2D eigenvalue weighted by Gasteiger charge is -2.31. The van der Waals surface area contributed by atoms with Crippen LogP contribution in [0.5, 0.6) is 0 Å². The first-order valence-corrected chi connectivity index (χ1v) is 5.86. The summed E-state index contributed by atoms with van der Waals surface area (Å²) in [6, 6.07) is 1.44. The maximum absolute atomic E-state index is 13.2. The molecule has 0 spiro atoms. The summed E-state index contributed by atoms with van der Waals surface area (Å²) in [5.74, 6) is -1.91. The Balaban J connectivity index is 2.36. The van der Waals surface area contributed by atoms with E-state index in [-0.39, 0.29) is 5.02 Å². The standard InChI is InChI=1S/C12H14ClF2NO/c1-12(3-2-4-17-12)11(16)7-5-9(14)10(15)6-8(7)13/h5-6,11H,2-4,16H2,1H3. The van der Waals surface area contributed by atoms with Crippen LogP contribution in [0, 0.1) is 11.6 Å². The highest BCUT2D eigenvalue weighted by Gasteiger charge is 2.38. The number of hydrogen-bond acceptors (Lipinski definition) is 2. The highest BCUT2D eigenvalue weighted by molar-refractivity contribution is 6.31. The van der Waals surface area contributed by atoms with Gasteiger partial charge in [-0.3, -0.25) is 0 Å². The number of halogens is 3. The van der Waals surface area contributed by atoms with Crippen LogP contribution in [0.3, 0.4) is 0 Å². The van der Waals surface area contributed by atoms with Crippen LogP contribution in [0.1, 0.15) is 31.4 Å². The van der Waals surface area contributed by atoms with Crippen LogP contribution in [0.25, 0.3) is 0 Å². The normalized spacial score (nSPS) is 26.2. The molecule has 2 atom stereocenters. The number of nitrogens with two attached hydrogens (primary N) is 1. The van der Waals surface area contributed by atoms with E-state index in [1.807, 2.05) is 6.92 Å². The average Bonchev–Trinajstić information content (AvgIpc) is 2.71. The van der Waals surface area contributed by atoms with E-state index in [2.05, 4.69) is 0 Å². The van der Waals surface area contributed by atoms with Gasteiger partial charge in [-0.05, 0) is 37.5 Å². The van der Waals surface area contributed by atoms with Crippen LogP contribution in [0.2, 0.25) is 5.02 Å². The fourth-order valence-electron chi connectivity index (χ4n) is 2.15. The molecule has 0 radical (unpaired) electrons. The number of hydrogen-bond donors (Lipinski definition) is 1. The summed E-state index contributed by atoms with van der Waals surface area (Å²) in [7, 11) is 0. The molecule has 94 valence electrons. The molecule has 2 N–H and O–H groups in total. The van der Waals surface area contributed by atoms with Crippen LogP contribution in [0.15, 0.2) is 12.1 Å². The van der Waals surface area contributed by atoms with E-state index in [0.29, 0.717) is 12.2 Å². The quantitative estimate of drug-likeness (QED) is 0.830. The second kappa shape index (κ2) is 4.52. The van der Waals surface area contributed by atoms with E-state index in [0.717, 1.165) is 25.0 Å². The molecule has 0 saturated carbocycles. The Morgan fingerprint density at radius 1 is 1.41 bits per heavy atom. The molecule has 5 heteroatoms. The molecular weight excluding hydrogens is 248 g/mol. The van der Waals surface area contributed by atoms with Gasteiger partial charge in [0.15, 0.2) is 11.6 Å². The van der Waals surface area contributed by atoms with Crippen molar-refractivity contribution in [2.75, 3.05) is 6.61 Å².